The van der Waals surface area contributed by atoms with Crippen molar-refractivity contribution in [2.75, 3.05) is 0 Å². The van der Waals surface area contributed by atoms with E-state index in [0.29, 0.717) is 0 Å². The van der Waals surface area contributed by atoms with E-state index in [4.69, 9.17) is 0 Å². The molecule has 2 atom stereocenters. The molecule has 0 heterocycles. The molecule has 0 aliphatic heterocycles. The van der Waals surface area contributed by atoms with Gasteiger partial charge in [0.25, 0.3) is 12.9 Å². The Hall–Kier alpha value is -0.360. The molecule has 2 nitrogen and oxygen atoms in total. The van der Waals surface area contributed by atoms with Gasteiger partial charge >= 0.3 is 0 Å². The van der Waals surface area contributed by atoms with Crippen LogP contribution in [0.1, 0.15) is 0 Å². The van der Waals surface area contributed by atoms with E-state index in [-0.39, 0.29) is 0 Å². The first kappa shape index (κ1) is 9.64. The van der Waals surface area contributed by atoms with Crippen LogP contribution in [0.5, 0.6) is 0 Å². The van der Waals surface area contributed by atoms with Crippen LogP contribution in [-0.2, 0) is 0 Å². The molecule has 10 heavy (non-hydrogen) atoms. The van der Waals surface area contributed by atoms with Crippen molar-refractivity contribution in [3.63, 3.8) is 0 Å². The van der Waals surface area contributed by atoms with Crippen molar-refractivity contribution in [1.82, 2.24) is 0 Å². The molecule has 0 rings (SSSR count). The molecule has 0 amide bonds. The quantitative estimate of drug-likeness (QED) is 0.578. The Kier molecular flexibility index (Phi) is 3.59. The van der Waals surface area contributed by atoms with E-state index >= 15 is 0 Å². The van der Waals surface area contributed by atoms with Crippen molar-refractivity contribution in [2.24, 2.45) is 11.5 Å². The number of nitrogens with two attached hydrogens (primary N) is 2. The second-order valence-electron chi connectivity index (χ2n) is 1.82. The lowest BCUT2D eigenvalue weighted by atomic mass is 10.1. The van der Waals surface area contributed by atoms with Gasteiger partial charge in [-0.15, -0.1) is 0 Å². The minimum absolute atomic E-state index is 1.94. The maximum absolute atomic E-state index is 11.5. The Morgan fingerprint density at radius 3 is 1.00 bits per heavy atom. The van der Waals surface area contributed by atoms with Crippen LogP contribution in [0.3, 0.4) is 0 Å². The molecule has 0 spiro atoms. The molecule has 0 aromatic rings. The molecule has 0 aromatic heterocycles. The number of hydrogen-bond donors (Lipinski definition) is 2. The Morgan fingerprint density at radius 2 is 0.900 bits per heavy atom. The summed E-state index contributed by atoms with van der Waals surface area (Å²) in [6, 6.07) is -3.89. The van der Waals surface area contributed by atoms with Crippen LogP contribution in [-0.4, -0.2) is 24.9 Å². The second-order valence-corrected chi connectivity index (χ2v) is 1.82. The number of rotatable bonds is 3. The third-order valence-electron chi connectivity index (χ3n) is 1.03. The lowest BCUT2D eigenvalue weighted by molar-refractivity contribution is 0.0444. The van der Waals surface area contributed by atoms with Gasteiger partial charge in [0.1, 0.15) is 0 Å². The summed E-state index contributed by atoms with van der Waals surface area (Å²) in [7, 11) is 0. The van der Waals surface area contributed by atoms with Crippen LogP contribution in [0.2, 0.25) is 0 Å². The molecule has 0 aromatic carbocycles. The van der Waals surface area contributed by atoms with E-state index in [0.717, 1.165) is 0 Å². The maximum atomic E-state index is 11.5. The van der Waals surface area contributed by atoms with Crippen molar-refractivity contribution >= 4 is 0 Å². The molecule has 0 bridgehead atoms. The van der Waals surface area contributed by atoms with Crippen LogP contribution >= 0.6 is 0 Å². The first-order valence-corrected chi connectivity index (χ1v) is 2.54. The number of halogens is 4. The van der Waals surface area contributed by atoms with Crippen LogP contribution < -0.4 is 11.5 Å². The monoisotopic (exact) mass is 160 g/mol. The Balaban J connectivity index is 3.81. The number of hydrogen-bond acceptors (Lipinski definition) is 2. The Bertz CT molecular complexity index is 85.3. The van der Waals surface area contributed by atoms with Gasteiger partial charge in [0.2, 0.25) is 0 Å². The van der Waals surface area contributed by atoms with Gasteiger partial charge in [-0.1, -0.05) is 0 Å². The third kappa shape index (κ3) is 2.49. The smallest absolute Gasteiger partial charge is 0.255 e. The molecule has 0 saturated heterocycles. The summed E-state index contributed by atoms with van der Waals surface area (Å²) < 4.78 is 46.0. The van der Waals surface area contributed by atoms with Crippen molar-refractivity contribution in [1.29, 1.82) is 0 Å². The molecule has 0 aliphatic rings. The third-order valence-corrected chi connectivity index (χ3v) is 1.03. The standard InChI is InChI=1S/C4H8F4N2/c5-3(6)1(9)2(10)4(7)8/h1-4H,9-10H2. The average molecular weight is 160 g/mol. The van der Waals surface area contributed by atoms with Crippen molar-refractivity contribution in [2.45, 2.75) is 24.9 Å². The van der Waals surface area contributed by atoms with E-state index < -0.39 is 24.9 Å². The highest BCUT2D eigenvalue weighted by Gasteiger charge is 2.29. The van der Waals surface area contributed by atoms with E-state index in [9.17, 15) is 17.6 Å². The highest BCUT2D eigenvalue weighted by molar-refractivity contribution is 4.79. The van der Waals surface area contributed by atoms with Crippen molar-refractivity contribution in [3.05, 3.63) is 0 Å². The van der Waals surface area contributed by atoms with Crippen LogP contribution in [0.15, 0.2) is 0 Å². The summed E-state index contributed by atoms with van der Waals surface area (Å²) in [6.45, 7) is 0. The Labute approximate surface area is 55.2 Å². The molecule has 4 N–H and O–H groups in total. The molecule has 0 radical (unpaired) electrons. The minimum atomic E-state index is -3.00. The van der Waals surface area contributed by atoms with Crippen molar-refractivity contribution in [3.8, 4) is 0 Å². The van der Waals surface area contributed by atoms with Gasteiger partial charge in [-0.25, -0.2) is 17.6 Å². The lowest BCUT2D eigenvalue weighted by Gasteiger charge is -2.17. The van der Waals surface area contributed by atoms with Crippen LogP contribution in [0, 0.1) is 0 Å². The summed E-state index contributed by atoms with van der Waals surface area (Å²) >= 11 is 0. The largest absolute Gasteiger partial charge is 0.321 e. The zero-order valence-electron chi connectivity index (χ0n) is 4.98. The molecule has 0 aliphatic carbocycles. The zero-order valence-corrected chi connectivity index (χ0v) is 4.98. The van der Waals surface area contributed by atoms with Gasteiger partial charge in [0.05, 0.1) is 12.1 Å². The highest BCUT2D eigenvalue weighted by atomic mass is 19.3. The van der Waals surface area contributed by atoms with Gasteiger partial charge in [-0.2, -0.15) is 0 Å². The van der Waals surface area contributed by atoms with Gasteiger partial charge in [-0.3, -0.25) is 0 Å². The number of alkyl halides is 4. The molecule has 62 valence electrons. The summed E-state index contributed by atoms with van der Waals surface area (Å²) in [5.74, 6) is 0. The van der Waals surface area contributed by atoms with E-state index in [1.165, 1.54) is 0 Å². The normalized spacial score (nSPS) is 18.0. The fourth-order valence-electron chi connectivity index (χ4n) is 0.336. The predicted molar refractivity (Wildman–Crippen MR) is 28.0 cm³/mol. The van der Waals surface area contributed by atoms with Gasteiger partial charge in [0.15, 0.2) is 0 Å². The minimum Gasteiger partial charge on any atom is -0.321 e. The Morgan fingerprint density at radius 1 is 0.700 bits per heavy atom. The van der Waals surface area contributed by atoms with Gasteiger partial charge < -0.3 is 11.5 Å². The van der Waals surface area contributed by atoms with E-state index in [1.54, 1.807) is 0 Å². The maximum Gasteiger partial charge on any atom is 0.255 e. The molecule has 6 heteroatoms. The highest BCUT2D eigenvalue weighted by Crippen LogP contribution is 2.07. The topological polar surface area (TPSA) is 52.0 Å². The molecular weight excluding hydrogens is 152 g/mol. The summed E-state index contributed by atoms with van der Waals surface area (Å²) in [6.07, 6.45) is -5.99. The van der Waals surface area contributed by atoms with Crippen molar-refractivity contribution < 1.29 is 17.6 Å². The van der Waals surface area contributed by atoms with Crippen LogP contribution in [0.25, 0.3) is 0 Å². The first-order valence-electron chi connectivity index (χ1n) is 2.54. The summed E-state index contributed by atoms with van der Waals surface area (Å²) in [5.41, 5.74) is 9.21. The SMILES string of the molecule is NC(C(F)F)C(N)C(F)F. The van der Waals surface area contributed by atoms with E-state index in [2.05, 4.69) is 11.5 Å². The fraction of sp³-hybridized carbons (Fsp3) is 1.00. The predicted octanol–water partition coefficient (Wildman–Crippen LogP) is 0.171. The molecular formula is C4H8F4N2. The van der Waals surface area contributed by atoms with Crippen LogP contribution in [0.4, 0.5) is 17.6 Å². The lowest BCUT2D eigenvalue weighted by Crippen LogP contribution is -2.50. The summed E-state index contributed by atoms with van der Waals surface area (Å²) in [5, 5.41) is 0. The average Bonchev–Trinajstić information content (AvgIpc) is 1.84. The fourth-order valence-corrected chi connectivity index (χ4v) is 0.336. The molecule has 0 fully saturated rings. The second kappa shape index (κ2) is 3.72. The molecule has 2 unspecified atom stereocenters. The van der Waals surface area contributed by atoms with Gasteiger partial charge in [-0.05, 0) is 0 Å². The molecule has 0 saturated carbocycles. The first-order chi connectivity index (χ1) is 4.46. The van der Waals surface area contributed by atoms with E-state index in [1.807, 2.05) is 0 Å². The summed E-state index contributed by atoms with van der Waals surface area (Å²) in [4.78, 5) is 0. The zero-order chi connectivity index (χ0) is 8.31. The van der Waals surface area contributed by atoms with Gasteiger partial charge in [0, 0.05) is 0 Å².